The predicted octanol–water partition coefficient (Wildman–Crippen LogP) is 6.33. The molecule has 1 fully saturated rings. The zero-order valence-corrected chi connectivity index (χ0v) is 19.6. The maximum Gasteiger partial charge on any atom is 0.227 e. The van der Waals surface area contributed by atoms with Crippen molar-refractivity contribution in [1.82, 2.24) is 9.47 Å². The van der Waals surface area contributed by atoms with Gasteiger partial charge in [-0.15, -0.1) is 0 Å². The SMILES string of the molecule is O=C(Nc1ccccc1F)C1CCN(Cc2cc3ccccc3n2Cc2cccc(Cl)c2)CC1. The van der Waals surface area contributed by atoms with Gasteiger partial charge in [0.25, 0.3) is 0 Å². The Bertz CT molecular complexity index is 1310. The number of halogens is 2. The highest BCUT2D eigenvalue weighted by Crippen LogP contribution is 2.26. The number of piperidine rings is 1. The van der Waals surface area contributed by atoms with Gasteiger partial charge in [0.1, 0.15) is 5.82 Å². The molecule has 1 saturated heterocycles. The van der Waals surface area contributed by atoms with E-state index in [0.29, 0.717) is 0 Å². The maximum absolute atomic E-state index is 13.9. The van der Waals surface area contributed by atoms with Crippen LogP contribution in [0.2, 0.25) is 5.02 Å². The van der Waals surface area contributed by atoms with Gasteiger partial charge in [0.15, 0.2) is 0 Å². The number of carbonyl (C=O) groups excluding carboxylic acids is 1. The van der Waals surface area contributed by atoms with Gasteiger partial charge in [0, 0.05) is 35.2 Å². The Balaban J connectivity index is 1.27. The summed E-state index contributed by atoms with van der Waals surface area (Å²) in [7, 11) is 0. The number of benzene rings is 3. The summed E-state index contributed by atoms with van der Waals surface area (Å²) in [4.78, 5) is 15.1. The Morgan fingerprint density at radius 1 is 0.941 bits per heavy atom. The molecule has 1 aliphatic heterocycles. The Hall–Kier alpha value is -3.15. The molecule has 2 heterocycles. The van der Waals surface area contributed by atoms with Gasteiger partial charge in [-0.1, -0.05) is 54.1 Å². The van der Waals surface area contributed by atoms with Gasteiger partial charge in [-0.3, -0.25) is 9.69 Å². The molecule has 1 N–H and O–H groups in total. The smallest absolute Gasteiger partial charge is 0.227 e. The summed E-state index contributed by atoms with van der Waals surface area (Å²) in [6, 6.07) is 25.0. The number of likely N-dealkylation sites (tertiary alicyclic amines) is 1. The number of aromatic nitrogens is 1. The quantitative estimate of drug-likeness (QED) is 0.353. The maximum atomic E-state index is 13.9. The van der Waals surface area contributed by atoms with Crippen LogP contribution >= 0.6 is 11.6 Å². The van der Waals surface area contributed by atoms with E-state index in [1.54, 1.807) is 18.2 Å². The van der Waals surface area contributed by atoms with Crippen LogP contribution in [0.25, 0.3) is 10.9 Å². The molecule has 0 radical (unpaired) electrons. The number of carbonyl (C=O) groups is 1. The molecular formula is C28H27ClFN3O. The van der Waals surface area contributed by atoms with E-state index in [0.717, 1.165) is 44.0 Å². The van der Waals surface area contributed by atoms with Crippen molar-refractivity contribution >= 4 is 34.1 Å². The summed E-state index contributed by atoms with van der Waals surface area (Å²) in [5.74, 6) is -0.603. The first-order chi connectivity index (χ1) is 16.6. The van der Waals surface area contributed by atoms with Gasteiger partial charge in [0.05, 0.1) is 5.69 Å². The lowest BCUT2D eigenvalue weighted by molar-refractivity contribution is -0.121. The third-order valence-corrected chi connectivity index (χ3v) is 6.84. The number of nitrogens with one attached hydrogen (secondary N) is 1. The van der Waals surface area contributed by atoms with E-state index in [4.69, 9.17) is 11.6 Å². The Morgan fingerprint density at radius 3 is 2.50 bits per heavy atom. The molecule has 34 heavy (non-hydrogen) atoms. The van der Waals surface area contributed by atoms with E-state index in [-0.39, 0.29) is 17.5 Å². The van der Waals surface area contributed by atoms with E-state index in [1.165, 1.54) is 28.2 Å². The van der Waals surface area contributed by atoms with Gasteiger partial charge < -0.3 is 9.88 Å². The zero-order chi connectivity index (χ0) is 23.5. The van der Waals surface area contributed by atoms with Gasteiger partial charge in [-0.25, -0.2) is 4.39 Å². The van der Waals surface area contributed by atoms with E-state index in [2.05, 4.69) is 51.2 Å². The van der Waals surface area contributed by atoms with Crippen molar-refractivity contribution < 1.29 is 9.18 Å². The van der Waals surface area contributed by atoms with Crippen LogP contribution in [0.1, 0.15) is 24.1 Å². The van der Waals surface area contributed by atoms with E-state index in [9.17, 15) is 9.18 Å². The zero-order valence-electron chi connectivity index (χ0n) is 18.9. The van der Waals surface area contributed by atoms with E-state index in [1.807, 2.05) is 18.2 Å². The highest BCUT2D eigenvalue weighted by Gasteiger charge is 2.26. The van der Waals surface area contributed by atoms with Gasteiger partial charge in [-0.2, -0.15) is 0 Å². The van der Waals surface area contributed by atoms with Gasteiger partial charge in [-0.05, 0) is 73.3 Å². The normalized spacial score (nSPS) is 15.0. The number of amides is 1. The Labute approximate surface area is 204 Å². The van der Waals surface area contributed by atoms with Crippen molar-refractivity contribution in [3.63, 3.8) is 0 Å². The van der Waals surface area contributed by atoms with Crippen LogP contribution in [-0.4, -0.2) is 28.5 Å². The highest BCUT2D eigenvalue weighted by atomic mass is 35.5. The summed E-state index contributed by atoms with van der Waals surface area (Å²) in [5, 5.41) is 4.72. The van der Waals surface area contributed by atoms with Crippen molar-refractivity contribution in [2.45, 2.75) is 25.9 Å². The molecule has 4 nitrogen and oxygen atoms in total. The largest absolute Gasteiger partial charge is 0.339 e. The molecule has 1 aromatic heterocycles. The second-order valence-electron chi connectivity index (χ2n) is 8.93. The number of fused-ring (bicyclic) bond motifs is 1. The van der Waals surface area contributed by atoms with Crippen LogP contribution in [-0.2, 0) is 17.9 Å². The Kier molecular flexibility index (Phi) is 6.66. The summed E-state index contributed by atoms with van der Waals surface area (Å²) in [6.45, 7) is 3.23. The second kappa shape index (κ2) is 10.00. The molecule has 5 rings (SSSR count). The molecule has 1 aliphatic rings. The average molecular weight is 476 g/mol. The molecule has 4 aromatic rings. The number of rotatable bonds is 6. The van der Waals surface area contributed by atoms with Crippen molar-refractivity contribution in [3.8, 4) is 0 Å². The number of para-hydroxylation sites is 2. The fourth-order valence-corrected chi connectivity index (χ4v) is 5.00. The average Bonchev–Trinajstić information content (AvgIpc) is 3.18. The Morgan fingerprint density at radius 2 is 1.71 bits per heavy atom. The first-order valence-electron chi connectivity index (χ1n) is 11.7. The monoisotopic (exact) mass is 475 g/mol. The van der Waals surface area contributed by atoms with Crippen LogP contribution in [0.15, 0.2) is 78.9 Å². The first-order valence-corrected chi connectivity index (χ1v) is 12.0. The lowest BCUT2D eigenvalue weighted by Gasteiger charge is -2.31. The predicted molar refractivity (Wildman–Crippen MR) is 136 cm³/mol. The van der Waals surface area contributed by atoms with Crippen molar-refractivity contribution in [1.29, 1.82) is 0 Å². The van der Waals surface area contributed by atoms with Crippen LogP contribution in [0.3, 0.4) is 0 Å². The van der Waals surface area contributed by atoms with Crippen molar-refractivity contribution in [3.05, 3.63) is 101 Å². The topological polar surface area (TPSA) is 37.3 Å². The van der Waals surface area contributed by atoms with Crippen molar-refractivity contribution in [2.75, 3.05) is 18.4 Å². The second-order valence-corrected chi connectivity index (χ2v) is 9.37. The molecule has 0 atom stereocenters. The number of anilines is 1. The molecule has 0 aliphatic carbocycles. The lowest BCUT2D eigenvalue weighted by atomic mass is 9.95. The van der Waals surface area contributed by atoms with Crippen LogP contribution < -0.4 is 5.32 Å². The molecule has 0 unspecified atom stereocenters. The van der Waals surface area contributed by atoms with Crippen LogP contribution in [0.5, 0.6) is 0 Å². The van der Waals surface area contributed by atoms with E-state index >= 15 is 0 Å². The number of hydrogen-bond acceptors (Lipinski definition) is 2. The van der Waals surface area contributed by atoms with Crippen LogP contribution in [0.4, 0.5) is 10.1 Å². The summed E-state index contributed by atoms with van der Waals surface area (Å²) < 4.78 is 16.3. The van der Waals surface area contributed by atoms with Crippen molar-refractivity contribution in [2.24, 2.45) is 5.92 Å². The molecule has 0 bridgehead atoms. The summed E-state index contributed by atoms with van der Waals surface area (Å²) in [6.07, 6.45) is 1.52. The minimum absolute atomic E-state index is 0.0974. The number of hydrogen-bond donors (Lipinski definition) is 1. The van der Waals surface area contributed by atoms with Gasteiger partial charge >= 0.3 is 0 Å². The molecule has 174 valence electrons. The highest BCUT2D eigenvalue weighted by molar-refractivity contribution is 6.30. The van der Waals surface area contributed by atoms with E-state index < -0.39 is 5.82 Å². The molecule has 1 amide bonds. The fourth-order valence-electron chi connectivity index (χ4n) is 4.78. The minimum atomic E-state index is -0.402. The minimum Gasteiger partial charge on any atom is -0.339 e. The van der Waals surface area contributed by atoms with Gasteiger partial charge in [0.2, 0.25) is 5.91 Å². The third-order valence-electron chi connectivity index (χ3n) is 6.60. The number of nitrogens with zero attached hydrogens (tertiary/aromatic N) is 2. The third kappa shape index (κ3) is 5.01. The first kappa shape index (κ1) is 22.6. The molecule has 0 saturated carbocycles. The molecule has 0 spiro atoms. The standard InChI is InChI=1S/C28H27ClFN3O/c29-23-8-5-6-20(16-23)18-33-24(17-22-7-1-4-11-27(22)33)19-32-14-12-21(13-15-32)28(34)31-26-10-3-2-9-25(26)30/h1-11,16-17,21H,12-15,18-19H2,(H,31,34). The molecule has 3 aromatic carbocycles. The molecular weight excluding hydrogens is 449 g/mol. The lowest BCUT2D eigenvalue weighted by Crippen LogP contribution is -2.38. The van der Waals surface area contributed by atoms with Crippen LogP contribution in [0, 0.1) is 11.7 Å². The molecule has 6 heteroatoms. The fraction of sp³-hybridized carbons (Fsp3) is 0.250. The summed E-state index contributed by atoms with van der Waals surface area (Å²) >= 11 is 6.23. The summed E-state index contributed by atoms with van der Waals surface area (Å²) in [5.41, 5.74) is 3.87.